The van der Waals surface area contributed by atoms with Crippen LogP contribution in [0.25, 0.3) is 0 Å². The van der Waals surface area contributed by atoms with Gasteiger partial charge < -0.3 is 16.0 Å². The number of amides is 1. The number of hydrogen-bond acceptors (Lipinski definition) is 3. The van der Waals surface area contributed by atoms with Crippen molar-refractivity contribution in [3.05, 3.63) is 48.0 Å². The van der Waals surface area contributed by atoms with Gasteiger partial charge in [0, 0.05) is 11.4 Å². The van der Waals surface area contributed by atoms with Gasteiger partial charge in [0.05, 0.1) is 11.4 Å². The number of benzene rings is 2. The fourth-order valence-corrected chi connectivity index (χ4v) is 2.41. The average molecular weight is 253 g/mol. The van der Waals surface area contributed by atoms with Crippen molar-refractivity contribution in [3.8, 4) is 0 Å². The number of nitrogens with one attached hydrogen (secondary N) is 1. The molecule has 1 amide bonds. The predicted molar refractivity (Wildman–Crippen MR) is 77.7 cm³/mol. The Morgan fingerprint density at radius 3 is 2.79 bits per heavy atom. The minimum atomic E-state index is -0.0150. The second-order valence-electron chi connectivity index (χ2n) is 4.75. The number of rotatable bonds is 1. The second-order valence-corrected chi connectivity index (χ2v) is 4.75. The van der Waals surface area contributed by atoms with E-state index in [0.717, 1.165) is 22.6 Å². The summed E-state index contributed by atoms with van der Waals surface area (Å²) < 4.78 is 0. The quantitative estimate of drug-likeness (QED) is 0.768. The zero-order valence-corrected chi connectivity index (χ0v) is 10.7. The van der Waals surface area contributed by atoms with Crippen molar-refractivity contribution in [2.45, 2.75) is 6.92 Å². The lowest BCUT2D eigenvalue weighted by Crippen LogP contribution is -2.35. The number of fused-ring (bicyclic) bond motifs is 1. The molecule has 96 valence electrons. The summed E-state index contributed by atoms with van der Waals surface area (Å²) in [5.74, 6) is -0.0150. The van der Waals surface area contributed by atoms with E-state index in [9.17, 15) is 4.79 Å². The Morgan fingerprint density at radius 2 is 2.00 bits per heavy atom. The van der Waals surface area contributed by atoms with Crippen LogP contribution in [0.1, 0.15) is 5.56 Å². The average Bonchev–Trinajstić information content (AvgIpc) is 2.36. The first kappa shape index (κ1) is 11.6. The summed E-state index contributed by atoms with van der Waals surface area (Å²) in [4.78, 5) is 13.8. The van der Waals surface area contributed by atoms with Gasteiger partial charge in [0.1, 0.15) is 6.54 Å². The number of para-hydroxylation sites is 2. The molecule has 0 atom stereocenters. The maximum absolute atomic E-state index is 11.8. The molecule has 0 aliphatic carbocycles. The van der Waals surface area contributed by atoms with E-state index in [2.05, 4.69) is 5.32 Å². The molecular formula is C15H15N3O. The zero-order chi connectivity index (χ0) is 13.4. The molecule has 0 bridgehead atoms. The molecule has 0 spiro atoms. The first-order chi connectivity index (χ1) is 9.13. The number of hydrogen-bond donors (Lipinski definition) is 2. The molecule has 4 heteroatoms. The standard InChI is InChI=1S/C15H15N3O/c1-10-6-11(16)8-12(7-10)18-9-15(19)17-13-4-2-3-5-14(13)18/h2-8H,9,16H2,1H3,(H,17,19). The third kappa shape index (κ3) is 2.12. The molecule has 3 rings (SSSR count). The normalized spacial score (nSPS) is 13.9. The molecule has 2 aromatic carbocycles. The first-order valence-electron chi connectivity index (χ1n) is 6.17. The summed E-state index contributed by atoms with van der Waals surface area (Å²) in [5, 5.41) is 2.88. The van der Waals surface area contributed by atoms with Crippen LogP contribution in [0.3, 0.4) is 0 Å². The Balaban J connectivity index is 2.12. The minimum absolute atomic E-state index is 0.0150. The highest BCUT2D eigenvalue weighted by atomic mass is 16.2. The van der Waals surface area contributed by atoms with Gasteiger partial charge in [0.25, 0.3) is 0 Å². The highest BCUT2D eigenvalue weighted by Crippen LogP contribution is 2.35. The van der Waals surface area contributed by atoms with Crippen molar-refractivity contribution in [3.63, 3.8) is 0 Å². The van der Waals surface area contributed by atoms with Crippen LogP contribution in [0.2, 0.25) is 0 Å². The van der Waals surface area contributed by atoms with E-state index in [4.69, 9.17) is 5.73 Å². The van der Waals surface area contributed by atoms with Gasteiger partial charge in [-0.3, -0.25) is 4.79 Å². The Morgan fingerprint density at radius 1 is 1.21 bits per heavy atom. The highest BCUT2D eigenvalue weighted by molar-refractivity contribution is 6.03. The largest absolute Gasteiger partial charge is 0.399 e. The van der Waals surface area contributed by atoms with E-state index in [1.54, 1.807) is 0 Å². The number of nitrogens with two attached hydrogens (primary N) is 1. The molecule has 1 aliphatic heterocycles. The SMILES string of the molecule is Cc1cc(N)cc(N2CC(=O)Nc3ccccc32)c1. The predicted octanol–water partition coefficient (Wildman–Crippen LogP) is 2.67. The fourth-order valence-electron chi connectivity index (χ4n) is 2.41. The van der Waals surface area contributed by atoms with Crippen LogP contribution >= 0.6 is 0 Å². The van der Waals surface area contributed by atoms with Gasteiger partial charge in [-0.05, 0) is 42.8 Å². The lowest BCUT2D eigenvalue weighted by atomic mass is 10.1. The fraction of sp³-hybridized carbons (Fsp3) is 0.133. The first-order valence-corrected chi connectivity index (χ1v) is 6.17. The van der Waals surface area contributed by atoms with E-state index in [0.29, 0.717) is 12.2 Å². The van der Waals surface area contributed by atoms with Gasteiger partial charge in [0.15, 0.2) is 0 Å². The van der Waals surface area contributed by atoms with Crippen molar-refractivity contribution in [1.82, 2.24) is 0 Å². The number of aryl methyl sites for hydroxylation is 1. The van der Waals surface area contributed by atoms with Crippen LogP contribution in [0.15, 0.2) is 42.5 Å². The van der Waals surface area contributed by atoms with Gasteiger partial charge in [0.2, 0.25) is 5.91 Å². The summed E-state index contributed by atoms with van der Waals surface area (Å²) in [5.41, 5.74) is 10.5. The molecule has 0 saturated carbocycles. The number of nitrogen functional groups attached to an aromatic ring is 1. The second kappa shape index (κ2) is 4.31. The van der Waals surface area contributed by atoms with Crippen LogP contribution in [0, 0.1) is 6.92 Å². The topological polar surface area (TPSA) is 58.4 Å². The summed E-state index contributed by atoms with van der Waals surface area (Å²) >= 11 is 0. The Hall–Kier alpha value is -2.49. The van der Waals surface area contributed by atoms with Gasteiger partial charge in [-0.25, -0.2) is 0 Å². The molecular weight excluding hydrogens is 238 g/mol. The Bertz CT molecular complexity index is 631. The number of anilines is 4. The highest BCUT2D eigenvalue weighted by Gasteiger charge is 2.22. The van der Waals surface area contributed by atoms with E-state index in [1.165, 1.54) is 0 Å². The van der Waals surface area contributed by atoms with Crippen molar-refractivity contribution < 1.29 is 4.79 Å². The smallest absolute Gasteiger partial charge is 0.244 e. The third-order valence-electron chi connectivity index (χ3n) is 3.17. The maximum Gasteiger partial charge on any atom is 0.244 e. The van der Waals surface area contributed by atoms with Gasteiger partial charge in [-0.1, -0.05) is 12.1 Å². The molecule has 3 N–H and O–H groups in total. The van der Waals surface area contributed by atoms with Gasteiger partial charge in [-0.15, -0.1) is 0 Å². The molecule has 4 nitrogen and oxygen atoms in total. The maximum atomic E-state index is 11.8. The van der Waals surface area contributed by atoms with Crippen LogP contribution in [0.4, 0.5) is 22.7 Å². The summed E-state index contributed by atoms with van der Waals surface area (Å²) in [6, 6.07) is 13.6. The lowest BCUT2D eigenvalue weighted by molar-refractivity contribution is -0.115. The van der Waals surface area contributed by atoms with Gasteiger partial charge in [-0.2, -0.15) is 0 Å². The molecule has 0 saturated heterocycles. The molecule has 0 unspecified atom stereocenters. The lowest BCUT2D eigenvalue weighted by Gasteiger charge is -2.31. The molecule has 0 fully saturated rings. The molecule has 19 heavy (non-hydrogen) atoms. The summed E-state index contributed by atoms with van der Waals surface area (Å²) in [6.45, 7) is 2.30. The number of nitrogens with zero attached hydrogens (tertiary/aromatic N) is 1. The number of carbonyl (C=O) groups is 1. The summed E-state index contributed by atoms with van der Waals surface area (Å²) in [6.07, 6.45) is 0. The van der Waals surface area contributed by atoms with Crippen molar-refractivity contribution >= 4 is 28.7 Å². The molecule has 0 aromatic heterocycles. The third-order valence-corrected chi connectivity index (χ3v) is 3.17. The van der Waals surface area contributed by atoms with Crippen LogP contribution in [-0.2, 0) is 4.79 Å². The van der Waals surface area contributed by atoms with E-state index >= 15 is 0 Å². The van der Waals surface area contributed by atoms with Crippen molar-refractivity contribution in [2.75, 3.05) is 22.5 Å². The van der Waals surface area contributed by atoms with E-state index in [1.807, 2.05) is 54.3 Å². The van der Waals surface area contributed by atoms with Crippen LogP contribution in [-0.4, -0.2) is 12.5 Å². The Kier molecular flexibility index (Phi) is 2.63. The zero-order valence-electron chi connectivity index (χ0n) is 10.7. The molecule has 1 aliphatic rings. The number of carbonyl (C=O) groups excluding carboxylic acids is 1. The van der Waals surface area contributed by atoms with E-state index < -0.39 is 0 Å². The Labute approximate surface area is 111 Å². The molecule has 0 radical (unpaired) electrons. The molecule has 2 aromatic rings. The minimum Gasteiger partial charge on any atom is -0.399 e. The van der Waals surface area contributed by atoms with Gasteiger partial charge >= 0.3 is 0 Å². The van der Waals surface area contributed by atoms with Crippen molar-refractivity contribution in [1.29, 1.82) is 0 Å². The molecule has 1 heterocycles. The van der Waals surface area contributed by atoms with Crippen LogP contribution in [0.5, 0.6) is 0 Å². The summed E-state index contributed by atoms with van der Waals surface area (Å²) in [7, 11) is 0. The van der Waals surface area contributed by atoms with Crippen LogP contribution < -0.4 is 16.0 Å². The van der Waals surface area contributed by atoms with E-state index in [-0.39, 0.29) is 5.91 Å². The van der Waals surface area contributed by atoms with Crippen molar-refractivity contribution in [2.24, 2.45) is 0 Å². The monoisotopic (exact) mass is 253 g/mol.